The number of hydrogen-bond donors (Lipinski definition) is 1. The quantitative estimate of drug-likeness (QED) is 0.727. The molecule has 0 aromatic carbocycles. The molecule has 0 radical (unpaired) electrons. The summed E-state index contributed by atoms with van der Waals surface area (Å²) in [5.41, 5.74) is -0.617. The highest BCUT2D eigenvalue weighted by Gasteiger charge is 2.21. The van der Waals surface area contributed by atoms with Gasteiger partial charge in [-0.1, -0.05) is 0 Å². The average Bonchev–Trinajstić information content (AvgIpc) is 2.23. The van der Waals surface area contributed by atoms with Gasteiger partial charge >= 0.3 is 12.1 Å². The normalized spacial score (nSPS) is 10.5. The summed E-state index contributed by atoms with van der Waals surface area (Å²) in [6, 6.07) is 0. The Morgan fingerprint density at radius 2 is 1.78 bits per heavy atom. The van der Waals surface area contributed by atoms with E-state index in [2.05, 4.69) is 10.1 Å². The van der Waals surface area contributed by atoms with E-state index in [0.717, 1.165) is 4.90 Å². The molecule has 0 heterocycles. The second-order valence-corrected chi connectivity index (χ2v) is 4.69. The fraction of sp³-hybridized carbons (Fsp3) is 0.727. The van der Waals surface area contributed by atoms with Gasteiger partial charge in [-0.25, -0.2) is 4.79 Å². The number of hydrogen-bond acceptors (Lipinski definition) is 5. The molecule has 2 amide bonds. The Labute approximate surface area is 106 Å². The lowest BCUT2D eigenvalue weighted by Gasteiger charge is -2.24. The Kier molecular flexibility index (Phi) is 6.15. The highest BCUT2D eigenvalue weighted by atomic mass is 16.6. The van der Waals surface area contributed by atoms with E-state index in [0.29, 0.717) is 0 Å². The van der Waals surface area contributed by atoms with Crippen LogP contribution in [0, 0.1) is 0 Å². The molecule has 0 aliphatic heterocycles. The minimum Gasteiger partial charge on any atom is -0.468 e. The van der Waals surface area contributed by atoms with Crippen molar-refractivity contribution < 1.29 is 23.9 Å². The summed E-state index contributed by atoms with van der Waals surface area (Å²) in [5.74, 6) is -1.02. The second kappa shape index (κ2) is 6.83. The van der Waals surface area contributed by atoms with Crippen molar-refractivity contribution in [2.75, 3.05) is 27.2 Å². The van der Waals surface area contributed by atoms with Gasteiger partial charge in [0, 0.05) is 7.05 Å². The van der Waals surface area contributed by atoms with Crippen LogP contribution < -0.4 is 5.32 Å². The number of amides is 2. The molecule has 0 aliphatic rings. The van der Waals surface area contributed by atoms with Gasteiger partial charge in [0.25, 0.3) is 0 Å². The maximum absolute atomic E-state index is 11.5. The van der Waals surface area contributed by atoms with Crippen LogP contribution in [0.1, 0.15) is 20.8 Å². The Morgan fingerprint density at radius 1 is 1.22 bits per heavy atom. The molecule has 0 saturated heterocycles. The Bertz CT molecular complexity index is 322. The molecule has 104 valence electrons. The summed E-state index contributed by atoms with van der Waals surface area (Å²) in [7, 11) is 2.66. The second-order valence-electron chi connectivity index (χ2n) is 4.69. The highest BCUT2D eigenvalue weighted by Crippen LogP contribution is 2.08. The molecule has 1 N–H and O–H groups in total. The third-order valence-electron chi connectivity index (χ3n) is 1.74. The Balaban J connectivity index is 4.07. The van der Waals surface area contributed by atoms with Crippen LogP contribution in [0.4, 0.5) is 4.79 Å². The van der Waals surface area contributed by atoms with Gasteiger partial charge < -0.3 is 19.7 Å². The molecule has 7 heteroatoms. The summed E-state index contributed by atoms with van der Waals surface area (Å²) < 4.78 is 9.42. The van der Waals surface area contributed by atoms with E-state index in [1.54, 1.807) is 20.8 Å². The van der Waals surface area contributed by atoms with E-state index < -0.39 is 23.6 Å². The molecule has 0 bridgehead atoms. The summed E-state index contributed by atoms with van der Waals surface area (Å²) >= 11 is 0. The van der Waals surface area contributed by atoms with E-state index in [1.165, 1.54) is 14.2 Å². The van der Waals surface area contributed by atoms with Crippen LogP contribution in [0.15, 0.2) is 0 Å². The third kappa shape index (κ3) is 7.48. The fourth-order valence-electron chi connectivity index (χ4n) is 0.919. The number of nitrogens with zero attached hydrogens (tertiary/aromatic N) is 1. The van der Waals surface area contributed by atoms with Crippen LogP contribution in [-0.2, 0) is 19.1 Å². The van der Waals surface area contributed by atoms with Crippen molar-refractivity contribution >= 4 is 18.0 Å². The van der Waals surface area contributed by atoms with Gasteiger partial charge in [0.2, 0.25) is 5.91 Å². The number of esters is 1. The smallest absolute Gasteiger partial charge is 0.410 e. The maximum atomic E-state index is 11.5. The van der Waals surface area contributed by atoms with Gasteiger partial charge in [0.1, 0.15) is 18.7 Å². The van der Waals surface area contributed by atoms with Crippen molar-refractivity contribution in [1.29, 1.82) is 0 Å². The molecule has 0 aromatic heterocycles. The first-order valence-corrected chi connectivity index (χ1v) is 5.43. The number of likely N-dealkylation sites (N-methyl/N-ethyl adjacent to an activating group) is 1. The van der Waals surface area contributed by atoms with Crippen molar-refractivity contribution in [2.45, 2.75) is 26.4 Å². The molecule has 7 nitrogen and oxygen atoms in total. The zero-order valence-electron chi connectivity index (χ0n) is 11.4. The molecule has 18 heavy (non-hydrogen) atoms. The van der Waals surface area contributed by atoms with Crippen LogP contribution >= 0.6 is 0 Å². The Hall–Kier alpha value is -1.79. The third-order valence-corrected chi connectivity index (χ3v) is 1.74. The summed E-state index contributed by atoms with van der Waals surface area (Å²) in [6.45, 7) is 4.78. The largest absolute Gasteiger partial charge is 0.468 e. The van der Waals surface area contributed by atoms with Crippen LogP contribution in [-0.4, -0.2) is 55.7 Å². The van der Waals surface area contributed by atoms with Gasteiger partial charge in [-0.05, 0) is 20.8 Å². The van der Waals surface area contributed by atoms with E-state index in [9.17, 15) is 14.4 Å². The molecule has 0 saturated carbocycles. The predicted molar refractivity (Wildman–Crippen MR) is 63.9 cm³/mol. The Morgan fingerprint density at radius 3 is 2.22 bits per heavy atom. The van der Waals surface area contributed by atoms with E-state index in [-0.39, 0.29) is 13.1 Å². The van der Waals surface area contributed by atoms with Gasteiger partial charge in [-0.15, -0.1) is 0 Å². The molecule has 0 atom stereocenters. The topological polar surface area (TPSA) is 84.9 Å². The SMILES string of the molecule is COC(=O)CNC(=O)CN(C)C(=O)OC(C)(C)C. The molecule has 0 rings (SSSR count). The summed E-state index contributed by atoms with van der Waals surface area (Å²) in [5, 5.41) is 2.32. The van der Waals surface area contributed by atoms with E-state index in [4.69, 9.17) is 4.74 Å². The maximum Gasteiger partial charge on any atom is 0.410 e. The van der Waals surface area contributed by atoms with Crippen LogP contribution in [0.3, 0.4) is 0 Å². The van der Waals surface area contributed by atoms with Crippen LogP contribution in [0.25, 0.3) is 0 Å². The molecule has 0 unspecified atom stereocenters. The molecule has 0 fully saturated rings. The number of ether oxygens (including phenoxy) is 2. The van der Waals surface area contributed by atoms with Gasteiger partial charge in [0.15, 0.2) is 0 Å². The minimum absolute atomic E-state index is 0.189. The van der Waals surface area contributed by atoms with Crippen molar-refractivity contribution in [3.63, 3.8) is 0 Å². The zero-order valence-corrected chi connectivity index (χ0v) is 11.4. The molecule has 0 aromatic rings. The molecular weight excluding hydrogens is 240 g/mol. The molecule has 0 aliphatic carbocycles. The number of methoxy groups -OCH3 is 1. The number of nitrogens with one attached hydrogen (secondary N) is 1. The van der Waals surface area contributed by atoms with Gasteiger partial charge in [-0.3, -0.25) is 9.59 Å². The lowest BCUT2D eigenvalue weighted by molar-refractivity contribution is -0.141. The van der Waals surface area contributed by atoms with Gasteiger partial charge in [-0.2, -0.15) is 0 Å². The van der Waals surface area contributed by atoms with Crippen molar-refractivity contribution in [3.8, 4) is 0 Å². The lowest BCUT2D eigenvalue weighted by atomic mass is 10.2. The minimum atomic E-state index is -0.617. The molecule has 0 spiro atoms. The zero-order chi connectivity index (χ0) is 14.3. The van der Waals surface area contributed by atoms with E-state index in [1.807, 2.05) is 0 Å². The number of carbonyl (C=O) groups is 3. The number of carbonyl (C=O) groups excluding carboxylic acids is 3. The standard InChI is InChI=1S/C11H20N2O5/c1-11(2,3)18-10(16)13(4)7-8(14)12-6-9(15)17-5/h6-7H2,1-5H3,(H,12,14). The average molecular weight is 260 g/mol. The van der Waals surface area contributed by atoms with Crippen molar-refractivity contribution in [1.82, 2.24) is 10.2 Å². The number of rotatable bonds is 4. The van der Waals surface area contributed by atoms with Crippen LogP contribution in [0.5, 0.6) is 0 Å². The first-order chi connectivity index (χ1) is 8.15. The lowest BCUT2D eigenvalue weighted by Crippen LogP contribution is -2.42. The highest BCUT2D eigenvalue weighted by molar-refractivity contribution is 5.85. The van der Waals surface area contributed by atoms with Crippen molar-refractivity contribution in [2.24, 2.45) is 0 Å². The van der Waals surface area contributed by atoms with Crippen molar-refractivity contribution in [3.05, 3.63) is 0 Å². The van der Waals surface area contributed by atoms with Gasteiger partial charge in [0.05, 0.1) is 7.11 Å². The predicted octanol–water partition coefficient (Wildman–Crippen LogP) is 0.143. The first-order valence-electron chi connectivity index (χ1n) is 5.43. The molecular formula is C11H20N2O5. The van der Waals surface area contributed by atoms with E-state index >= 15 is 0 Å². The first kappa shape index (κ1) is 16.2. The fourth-order valence-corrected chi connectivity index (χ4v) is 0.919. The summed E-state index contributed by atoms with van der Waals surface area (Å²) in [6.07, 6.45) is -0.601. The summed E-state index contributed by atoms with van der Waals surface area (Å²) in [4.78, 5) is 34.8. The monoisotopic (exact) mass is 260 g/mol. The van der Waals surface area contributed by atoms with Crippen LogP contribution in [0.2, 0.25) is 0 Å².